The molecule has 0 saturated carbocycles. The fourth-order valence-electron chi connectivity index (χ4n) is 3.76. The first kappa shape index (κ1) is 22.9. The Bertz CT molecular complexity index is 1190. The highest BCUT2D eigenvalue weighted by Gasteiger charge is 2.27. The smallest absolute Gasteiger partial charge is 0.342 e. The summed E-state index contributed by atoms with van der Waals surface area (Å²) < 4.78 is 0. The molecule has 7 nitrogen and oxygen atoms in total. The van der Waals surface area contributed by atoms with E-state index in [9.17, 15) is 10.1 Å². The zero-order valence-electron chi connectivity index (χ0n) is 19.3. The molecule has 4 aromatic rings. The second-order valence-corrected chi connectivity index (χ2v) is 8.38. The van der Waals surface area contributed by atoms with E-state index in [1.54, 1.807) is 0 Å². The van der Waals surface area contributed by atoms with Crippen molar-refractivity contribution in [2.24, 2.45) is 0 Å². The Morgan fingerprint density at radius 3 is 1.91 bits per heavy atom. The number of nitro groups is 1. The van der Waals surface area contributed by atoms with Crippen LogP contribution in [0.2, 0.25) is 0 Å². The number of anilines is 3. The summed E-state index contributed by atoms with van der Waals surface area (Å²) in [5, 5.41) is 15.4. The third kappa shape index (κ3) is 5.56. The summed E-state index contributed by atoms with van der Waals surface area (Å²) in [6.07, 6.45) is 1.37. The van der Waals surface area contributed by atoms with Gasteiger partial charge in [-0.3, -0.25) is 10.1 Å². The SMILES string of the molecule is CC(C)c1ccc(Nc2ncnc(N(Cc3ccccc3)Cc3ccccc3)c2[N+](=O)[O-])cc1. The summed E-state index contributed by atoms with van der Waals surface area (Å²) in [6.45, 7) is 5.18. The number of nitrogens with zero attached hydrogens (tertiary/aromatic N) is 4. The van der Waals surface area contributed by atoms with E-state index in [4.69, 9.17) is 0 Å². The Morgan fingerprint density at radius 1 is 0.853 bits per heavy atom. The van der Waals surface area contributed by atoms with Crippen molar-refractivity contribution in [1.82, 2.24) is 9.97 Å². The summed E-state index contributed by atoms with van der Waals surface area (Å²) in [7, 11) is 0. The maximum Gasteiger partial charge on any atom is 0.353 e. The summed E-state index contributed by atoms with van der Waals surface area (Å²) in [5.74, 6) is 0.839. The van der Waals surface area contributed by atoms with Crippen molar-refractivity contribution >= 4 is 23.0 Å². The molecular formula is C27H27N5O2. The second kappa shape index (κ2) is 10.6. The van der Waals surface area contributed by atoms with E-state index in [2.05, 4.69) is 29.1 Å². The predicted molar refractivity (Wildman–Crippen MR) is 135 cm³/mol. The Morgan fingerprint density at radius 2 is 1.41 bits per heavy atom. The fraction of sp³-hybridized carbons (Fsp3) is 0.185. The van der Waals surface area contributed by atoms with Crippen LogP contribution < -0.4 is 10.2 Å². The molecule has 1 aromatic heterocycles. The standard InChI is InChI=1S/C27H27N5O2/c1-20(2)23-13-15-24(16-14-23)30-26-25(32(33)34)27(29-19-28-26)31(17-21-9-5-3-6-10-21)18-22-11-7-4-8-12-22/h3-16,19-20H,17-18H2,1-2H3,(H,28,29,30). The molecule has 4 rings (SSSR count). The number of aromatic nitrogens is 2. The average molecular weight is 454 g/mol. The highest BCUT2D eigenvalue weighted by atomic mass is 16.6. The van der Waals surface area contributed by atoms with Gasteiger partial charge in [-0.05, 0) is 34.7 Å². The fourth-order valence-corrected chi connectivity index (χ4v) is 3.76. The third-order valence-electron chi connectivity index (χ3n) is 5.56. The minimum atomic E-state index is -0.414. The topological polar surface area (TPSA) is 84.2 Å². The van der Waals surface area contributed by atoms with Gasteiger partial charge >= 0.3 is 5.69 Å². The summed E-state index contributed by atoms with van der Waals surface area (Å²) in [5.41, 5.74) is 3.84. The third-order valence-corrected chi connectivity index (χ3v) is 5.56. The van der Waals surface area contributed by atoms with Crippen molar-refractivity contribution in [1.29, 1.82) is 0 Å². The van der Waals surface area contributed by atoms with E-state index in [-0.39, 0.29) is 17.3 Å². The van der Waals surface area contributed by atoms with Gasteiger partial charge in [0.2, 0.25) is 11.6 Å². The van der Waals surface area contributed by atoms with Crippen LogP contribution in [0.1, 0.15) is 36.5 Å². The normalized spacial score (nSPS) is 10.8. The van der Waals surface area contributed by atoms with Crippen LogP contribution in [-0.2, 0) is 13.1 Å². The van der Waals surface area contributed by atoms with Gasteiger partial charge in [0.1, 0.15) is 6.33 Å². The molecule has 34 heavy (non-hydrogen) atoms. The molecule has 0 aliphatic heterocycles. The van der Waals surface area contributed by atoms with Gasteiger partial charge in [-0.2, -0.15) is 0 Å². The van der Waals surface area contributed by atoms with Crippen molar-refractivity contribution in [3.8, 4) is 0 Å². The number of rotatable bonds is 9. The van der Waals surface area contributed by atoms with E-state index >= 15 is 0 Å². The second-order valence-electron chi connectivity index (χ2n) is 8.38. The van der Waals surface area contributed by atoms with Crippen LogP contribution >= 0.6 is 0 Å². The molecule has 1 N–H and O–H groups in total. The van der Waals surface area contributed by atoms with Crippen molar-refractivity contribution in [2.75, 3.05) is 10.2 Å². The van der Waals surface area contributed by atoms with Gasteiger partial charge in [0.15, 0.2) is 0 Å². The van der Waals surface area contributed by atoms with Crippen LogP contribution in [0.4, 0.5) is 23.0 Å². The molecule has 0 radical (unpaired) electrons. The molecule has 3 aromatic carbocycles. The predicted octanol–water partition coefficient (Wildman–Crippen LogP) is 6.46. The molecule has 172 valence electrons. The first-order valence-electron chi connectivity index (χ1n) is 11.2. The first-order chi connectivity index (χ1) is 16.5. The van der Waals surface area contributed by atoms with E-state index in [0.29, 0.717) is 19.0 Å². The lowest BCUT2D eigenvalue weighted by Gasteiger charge is -2.24. The van der Waals surface area contributed by atoms with Crippen LogP contribution in [0, 0.1) is 10.1 Å². The maximum absolute atomic E-state index is 12.2. The minimum absolute atomic E-state index is 0.151. The van der Waals surface area contributed by atoms with E-state index < -0.39 is 4.92 Å². The first-order valence-corrected chi connectivity index (χ1v) is 11.2. The van der Waals surface area contributed by atoms with E-state index in [1.807, 2.05) is 89.8 Å². The number of hydrogen-bond donors (Lipinski definition) is 1. The average Bonchev–Trinajstić information content (AvgIpc) is 2.85. The van der Waals surface area contributed by atoms with Gasteiger partial charge in [0.05, 0.1) is 4.92 Å². The Hall–Kier alpha value is -4.26. The van der Waals surface area contributed by atoms with Gasteiger partial charge in [-0.15, -0.1) is 0 Å². The molecule has 0 fully saturated rings. The quantitative estimate of drug-likeness (QED) is 0.231. The highest BCUT2D eigenvalue weighted by Crippen LogP contribution is 2.35. The van der Waals surface area contributed by atoms with Crippen LogP contribution in [-0.4, -0.2) is 14.9 Å². The Kier molecular flexibility index (Phi) is 7.13. The molecule has 7 heteroatoms. The minimum Gasteiger partial charge on any atom is -0.342 e. The Balaban J connectivity index is 1.72. The van der Waals surface area contributed by atoms with Crippen LogP contribution in [0.15, 0.2) is 91.3 Å². The molecule has 0 amide bonds. The monoisotopic (exact) mass is 453 g/mol. The summed E-state index contributed by atoms with van der Waals surface area (Å²) >= 11 is 0. The maximum atomic E-state index is 12.2. The number of nitrogens with one attached hydrogen (secondary N) is 1. The van der Waals surface area contributed by atoms with Crippen LogP contribution in [0.25, 0.3) is 0 Å². The molecule has 0 bridgehead atoms. The van der Waals surface area contributed by atoms with Crippen molar-refractivity contribution in [3.63, 3.8) is 0 Å². The Labute approximate surface area is 199 Å². The van der Waals surface area contributed by atoms with Crippen molar-refractivity contribution in [2.45, 2.75) is 32.9 Å². The summed E-state index contributed by atoms with van der Waals surface area (Å²) in [4.78, 5) is 22.3. The van der Waals surface area contributed by atoms with Gasteiger partial charge < -0.3 is 10.2 Å². The van der Waals surface area contributed by atoms with Crippen molar-refractivity contribution in [3.05, 3.63) is 118 Å². The lowest BCUT2D eigenvalue weighted by molar-refractivity contribution is -0.383. The molecule has 0 aliphatic carbocycles. The summed E-state index contributed by atoms with van der Waals surface area (Å²) in [6, 6.07) is 27.6. The highest BCUT2D eigenvalue weighted by molar-refractivity contribution is 5.74. The molecule has 0 atom stereocenters. The zero-order valence-corrected chi connectivity index (χ0v) is 19.3. The van der Waals surface area contributed by atoms with E-state index in [0.717, 1.165) is 16.8 Å². The van der Waals surface area contributed by atoms with Crippen LogP contribution in [0.3, 0.4) is 0 Å². The zero-order chi connectivity index (χ0) is 23.9. The molecular weight excluding hydrogens is 426 g/mol. The van der Waals surface area contributed by atoms with Gasteiger partial charge in [-0.25, -0.2) is 9.97 Å². The van der Waals surface area contributed by atoms with Crippen LogP contribution in [0.5, 0.6) is 0 Å². The molecule has 0 spiro atoms. The number of hydrogen-bond acceptors (Lipinski definition) is 6. The molecule has 1 heterocycles. The van der Waals surface area contributed by atoms with E-state index in [1.165, 1.54) is 11.9 Å². The molecule has 0 aliphatic rings. The molecule has 0 unspecified atom stereocenters. The lowest BCUT2D eigenvalue weighted by atomic mass is 10.0. The lowest BCUT2D eigenvalue weighted by Crippen LogP contribution is -2.24. The van der Waals surface area contributed by atoms with Gasteiger partial charge in [0, 0.05) is 18.8 Å². The van der Waals surface area contributed by atoms with Gasteiger partial charge in [-0.1, -0.05) is 86.6 Å². The number of benzene rings is 3. The van der Waals surface area contributed by atoms with Gasteiger partial charge in [0.25, 0.3) is 0 Å². The molecule has 0 saturated heterocycles. The van der Waals surface area contributed by atoms with Crippen molar-refractivity contribution < 1.29 is 4.92 Å². The largest absolute Gasteiger partial charge is 0.353 e.